The number of nitrogens with one attached hydrogen (secondary N) is 2. The Bertz CT molecular complexity index is 609. The van der Waals surface area contributed by atoms with Crippen molar-refractivity contribution >= 4 is 34.5 Å². The van der Waals surface area contributed by atoms with Crippen LogP contribution in [0.5, 0.6) is 0 Å². The van der Waals surface area contributed by atoms with Crippen molar-refractivity contribution in [1.82, 2.24) is 0 Å². The predicted octanol–water partition coefficient (Wildman–Crippen LogP) is 2.57. The highest BCUT2D eigenvalue weighted by molar-refractivity contribution is 7.99. The van der Waals surface area contributed by atoms with Crippen molar-refractivity contribution in [3.8, 4) is 0 Å². The molecule has 3 rings (SSSR count). The van der Waals surface area contributed by atoms with Crippen LogP contribution in [-0.2, 0) is 0 Å². The highest BCUT2D eigenvalue weighted by Gasteiger charge is 2.17. The molecule has 4 heteroatoms. The molecule has 0 fully saturated rings. The van der Waals surface area contributed by atoms with E-state index in [1.807, 2.05) is 31.7 Å². The van der Waals surface area contributed by atoms with E-state index in [0.717, 1.165) is 5.69 Å². The van der Waals surface area contributed by atoms with Gasteiger partial charge in [0, 0.05) is 34.1 Å². The van der Waals surface area contributed by atoms with Crippen molar-refractivity contribution in [1.29, 1.82) is 0 Å². The molecule has 0 bridgehead atoms. The van der Waals surface area contributed by atoms with Gasteiger partial charge in [0.1, 0.15) is 11.4 Å². The Morgan fingerprint density at radius 3 is 2.20 bits per heavy atom. The molecule has 5 N–H and O–H groups in total. The molecule has 106 valence electrons. The summed E-state index contributed by atoms with van der Waals surface area (Å²) >= 11 is 1.81. The standard InChI is InChI=1S/C14H15N3S.C2H6/c1-17(2)10-4-6-12-14(8-10)18-13-7-9(15)3-5-11(13)16-12;1-2/h3-8,16H,15H2,1-2H3;1-2H3/p+2. The molecule has 3 nitrogen and oxygen atoms in total. The van der Waals surface area contributed by atoms with Gasteiger partial charge >= 0.3 is 0 Å². The van der Waals surface area contributed by atoms with Gasteiger partial charge in [-0.15, -0.1) is 0 Å². The largest absolute Gasteiger partial charge is 0.354 e. The summed E-state index contributed by atoms with van der Waals surface area (Å²) in [6.45, 7) is 4.00. The number of anilines is 2. The molecule has 2 aromatic rings. The topological polar surface area (TPSA) is 44.1 Å². The van der Waals surface area contributed by atoms with E-state index in [-0.39, 0.29) is 0 Å². The zero-order valence-electron chi connectivity index (χ0n) is 12.6. The summed E-state index contributed by atoms with van der Waals surface area (Å²) in [6, 6.07) is 12.8. The number of fused-ring (bicyclic) bond motifs is 2. The Balaban J connectivity index is 0.000000704. The Labute approximate surface area is 125 Å². The van der Waals surface area contributed by atoms with Crippen LogP contribution < -0.4 is 16.0 Å². The first-order valence-electron chi connectivity index (χ1n) is 6.99. The first-order valence-corrected chi connectivity index (χ1v) is 7.80. The maximum Gasteiger partial charge on any atom is 0.132 e. The van der Waals surface area contributed by atoms with Crippen LogP contribution in [0.25, 0.3) is 0 Å². The van der Waals surface area contributed by atoms with E-state index < -0.39 is 0 Å². The number of quaternary nitrogens is 2. The second-order valence-corrected chi connectivity index (χ2v) is 5.85. The Morgan fingerprint density at radius 2 is 1.55 bits per heavy atom. The summed E-state index contributed by atoms with van der Waals surface area (Å²) in [7, 11) is 4.29. The van der Waals surface area contributed by atoms with Crippen molar-refractivity contribution in [3.63, 3.8) is 0 Å². The SMILES string of the molecule is CC.C[NH+](C)c1ccc2c(c1)Sc1cc([NH3+])ccc1N2. The average molecular weight is 289 g/mol. The molecule has 2 aromatic carbocycles. The maximum absolute atomic E-state index is 3.99. The summed E-state index contributed by atoms with van der Waals surface area (Å²) in [5.41, 5.74) is 8.70. The van der Waals surface area contributed by atoms with Crippen molar-refractivity contribution in [2.75, 3.05) is 19.4 Å². The number of hydrogen-bond acceptors (Lipinski definition) is 2. The van der Waals surface area contributed by atoms with Crippen LogP contribution in [0.1, 0.15) is 13.8 Å². The molecule has 0 aromatic heterocycles. The maximum atomic E-state index is 3.99. The first-order chi connectivity index (χ1) is 9.63. The third-order valence-electron chi connectivity index (χ3n) is 3.09. The van der Waals surface area contributed by atoms with Crippen molar-refractivity contribution in [2.24, 2.45) is 0 Å². The summed E-state index contributed by atoms with van der Waals surface area (Å²) in [5, 5.41) is 3.48. The van der Waals surface area contributed by atoms with Gasteiger partial charge in [-0.05, 0) is 12.1 Å². The fourth-order valence-electron chi connectivity index (χ4n) is 2.04. The fourth-order valence-corrected chi connectivity index (χ4v) is 3.13. The molecular formula is C16H23N3S+2. The zero-order chi connectivity index (χ0) is 14.7. The van der Waals surface area contributed by atoms with Gasteiger partial charge in [0.15, 0.2) is 0 Å². The molecule has 20 heavy (non-hydrogen) atoms. The van der Waals surface area contributed by atoms with E-state index in [2.05, 4.69) is 55.5 Å². The quantitative estimate of drug-likeness (QED) is 0.645. The Morgan fingerprint density at radius 1 is 0.950 bits per heavy atom. The van der Waals surface area contributed by atoms with Crippen LogP contribution in [0.2, 0.25) is 0 Å². The van der Waals surface area contributed by atoms with E-state index in [1.165, 1.54) is 31.8 Å². The molecule has 0 saturated carbocycles. The molecule has 0 aliphatic carbocycles. The summed E-state index contributed by atoms with van der Waals surface area (Å²) in [4.78, 5) is 3.88. The fraction of sp³-hybridized carbons (Fsp3) is 0.250. The zero-order valence-corrected chi connectivity index (χ0v) is 13.4. The van der Waals surface area contributed by atoms with Crippen molar-refractivity contribution < 1.29 is 10.6 Å². The van der Waals surface area contributed by atoms with Gasteiger partial charge in [0.2, 0.25) is 0 Å². The van der Waals surface area contributed by atoms with E-state index in [4.69, 9.17) is 0 Å². The Hall–Kier alpha value is -1.49. The number of rotatable bonds is 1. The minimum absolute atomic E-state index is 1.06. The lowest BCUT2D eigenvalue weighted by Gasteiger charge is -2.21. The van der Waals surface area contributed by atoms with Crippen LogP contribution in [0, 0.1) is 0 Å². The summed E-state index contributed by atoms with van der Waals surface area (Å²) in [5.74, 6) is 0. The van der Waals surface area contributed by atoms with Gasteiger partial charge in [-0.3, -0.25) is 0 Å². The molecule has 0 atom stereocenters. The van der Waals surface area contributed by atoms with E-state index in [9.17, 15) is 0 Å². The Kier molecular flexibility index (Phi) is 4.70. The molecular weight excluding hydrogens is 266 g/mol. The van der Waals surface area contributed by atoms with Crippen LogP contribution >= 0.6 is 11.8 Å². The monoisotopic (exact) mass is 289 g/mol. The van der Waals surface area contributed by atoms with E-state index in [1.54, 1.807) is 0 Å². The second kappa shape index (κ2) is 6.31. The lowest BCUT2D eigenvalue weighted by Crippen LogP contribution is -3.00. The third-order valence-corrected chi connectivity index (χ3v) is 4.21. The van der Waals surface area contributed by atoms with Gasteiger partial charge in [-0.2, -0.15) is 0 Å². The van der Waals surface area contributed by atoms with Crippen LogP contribution in [0.3, 0.4) is 0 Å². The van der Waals surface area contributed by atoms with Crippen molar-refractivity contribution in [2.45, 2.75) is 23.6 Å². The highest BCUT2D eigenvalue weighted by atomic mass is 32.2. The second-order valence-electron chi connectivity index (χ2n) is 4.77. The molecule has 1 aliphatic rings. The summed E-state index contributed by atoms with van der Waals surface area (Å²) in [6.07, 6.45) is 0. The molecule has 1 heterocycles. The lowest BCUT2D eigenvalue weighted by atomic mass is 10.2. The van der Waals surface area contributed by atoms with E-state index in [0.29, 0.717) is 0 Å². The lowest BCUT2D eigenvalue weighted by molar-refractivity contribution is -0.786. The van der Waals surface area contributed by atoms with Gasteiger partial charge in [0.25, 0.3) is 0 Å². The number of benzene rings is 2. The molecule has 0 unspecified atom stereocenters. The summed E-state index contributed by atoms with van der Waals surface area (Å²) < 4.78 is 0. The van der Waals surface area contributed by atoms with Gasteiger partial charge in [-0.1, -0.05) is 25.6 Å². The third kappa shape index (κ3) is 2.98. The van der Waals surface area contributed by atoms with Crippen molar-refractivity contribution in [3.05, 3.63) is 36.4 Å². The van der Waals surface area contributed by atoms with Gasteiger partial charge < -0.3 is 16.0 Å². The molecule has 1 aliphatic heterocycles. The average Bonchev–Trinajstić information content (AvgIpc) is 2.46. The van der Waals surface area contributed by atoms with Crippen LogP contribution in [0.4, 0.5) is 22.7 Å². The minimum atomic E-state index is 1.06. The van der Waals surface area contributed by atoms with Gasteiger partial charge in [-0.25, -0.2) is 0 Å². The smallest absolute Gasteiger partial charge is 0.132 e. The first kappa shape index (κ1) is 14.9. The minimum Gasteiger partial charge on any atom is -0.354 e. The van der Waals surface area contributed by atoms with Crippen LogP contribution in [0.15, 0.2) is 46.2 Å². The molecule has 0 radical (unpaired) electrons. The van der Waals surface area contributed by atoms with Crippen LogP contribution in [-0.4, -0.2) is 14.1 Å². The van der Waals surface area contributed by atoms with Gasteiger partial charge in [0.05, 0.1) is 25.5 Å². The normalized spacial score (nSPS) is 11.9. The highest BCUT2D eigenvalue weighted by Crippen LogP contribution is 2.45. The molecule has 0 spiro atoms. The molecule has 0 saturated heterocycles. The van der Waals surface area contributed by atoms with E-state index >= 15 is 0 Å². The molecule has 0 amide bonds. The number of hydrogen-bond donors (Lipinski definition) is 3. The predicted molar refractivity (Wildman–Crippen MR) is 86.7 cm³/mol.